The number of para-hydroxylation sites is 1. The summed E-state index contributed by atoms with van der Waals surface area (Å²) in [7, 11) is 0. The van der Waals surface area contributed by atoms with Gasteiger partial charge in [0.25, 0.3) is 0 Å². The van der Waals surface area contributed by atoms with Gasteiger partial charge in [0.2, 0.25) is 17.7 Å². The van der Waals surface area contributed by atoms with E-state index in [0.717, 1.165) is 16.5 Å². The van der Waals surface area contributed by atoms with Crippen molar-refractivity contribution in [2.45, 2.75) is 70.1 Å². The highest BCUT2D eigenvalue weighted by Crippen LogP contribution is 2.19. The second kappa shape index (κ2) is 14.8. The zero-order valence-electron chi connectivity index (χ0n) is 23.4. The number of aromatic amines is 2. The van der Waals surface area contributed by atoms with Crippen molar-refractivity contribution in [3.8, 4) is 0 Å². The van der Waals surface area contributed by atoms with E-state index in [4.69, 9.17) is 10.8 Å². The number of hydrogen-bond donors (Lipinski definition) is 8. The second-order valence-electron chi connectivity index (χ2n) is 10.5. The summed E-state index contributed by atoms with van der Waals surface area (Å²) in [6.07, 6.45) is 4.12. The van der Waals surface area contributed by atoms with Crippen LogP contribution >= 0.6 is 0 Å². The van der Waals surface area contributed by atoms with E-state index in [2.05, 4.69) is 30.9 Å². The summed E-state index contributed by atoms with van der Waals surface area (Å²) < 4.78 is 0. The number of nitrogens with one attached hydrogen (secondary N) is 5. The molecule has 4 atom stereocenters. The summed E-state index contributed by atoms with van der Waals surface area (Å²) in [4.78, 5) is 72.5. The number of hydrogen-bond acceptors (Lipinski definition) is 7. The average molecular weight is 584 g/mol. The molecule has 14 heteroatoms. The van der Waals surface area contributed by atoms with Crippen molar-refractivity contribution >= 4 is 40.6 Å². The van der Waals surface area contributed by atoms with Gasteiger partial charge in [-0.2, -0.15) is 0 Å². The molecule has 0 spiro atoms. The summed E-state index contributed by atoms with van der Waals surface area (Å²) in [5.74, 6) is -4.56. The Bertz CT molecular complexity index is 1390. The number of carbonyl (C=O) groups is 5. The van der Waals surface area contributed by atoms with Gasteiger partial charge in [-0.3, -0.25) is 19.2 Å². The van der Waals surface area contributed by atoms with Gasteiger partial charge in [0.05, 0.1) is 12.4 Å². The third kappa shape index (κ3) is 9.16. The van der Waals surface area contributed by atoms with E-state index in [9.17, 15) is 29.1 Å². The van der Waals surface area contributed by atoms with Crippen molar-refractivity contribution in [3.63, 3.8) is 0 Å². The number of aromatic nitrogens is 3. The first-order chi connectivity index (χ1) is 19.9. The minimum Gasteiger partial charge on any atom is -0.481 e. The summed E-state index contributed by atoms with van der Waals surface area (Å²) >= 11 is 0. The summed E-state index contributed by atoms with van der Waals surface area (Å²) in [5.41, 5.74) is 8.14. The second-order valence-corrected chi connectivity index (χ2v) is 10.5. The standard InChI is InChI=1S/C28H37N7O7/c1-15(2)9-19(29)25(38)34-22(10-16-12-31-20-6-4-3-5-18(16)20)26(39)35-23(11-17-13-30-14-32-17)27(40)33-21(28(41)42)7-8-24(36)37/h3-6,12-15,19,21-23,31H,7-11,29H2,1-2H3,(H,30,32)(H,33,40)(H,34,38)(H,35,39)(H,36,37)(H,41,42). The highest BCUT2D eigenvalue weighted by Gasteiger charge is 2.31. The lowest BCUT2D eigenvalue weighted by Crippen LogP contribution is -2.58. The molecular formula is C28H37N7O7. The molecule has 14 nitrogen and oxygen atoms in total. The normalized spacial score (nSPS) is 14.1. The molecule has 0 aliphatic heterocycles. The van der Waals surface area contributed by atoms with Gasteiger partial charge in [0.15, 0.2) is 0 Å². The lowest BCUT2D eigenvalue weighted by atomic mass is 10.0. The Balaban J connectivity index is 1.86. The van der Waals surface area contributed by atoms with Gasteiger partial charge in [0, 0.05) is 48.3 Å². The maximum Gasteiger partial charge on any atom is 0.326 e. The molecule has 0 aliphatic carbocycles. The molecule has 0 saturated carbocycles. The molecule has 0 radical (unpaired) electrons. The van der Waals surface area contributed by atoms with Crippen LogP contribution in [0.3, 0.4) is 0 Å². The average Bonchev–Trinajstić information content (AvgIpc) is 3.59. The molecular weight excluding hydrogens is 546 g/mol. The van der Waals surface area contributed by atoms with Crippen LogP contribution in [0, 0.1) is 5.92 Å². The largest absolute Gasteiger partial charge is 0.481 e. The number of benzene rings is 1. The summed E-state index contributed by atoms with van der Waals surface area (Å²) in [6, 6.07) is 2.69. The van der Waals surface area contributed by atoms with Crippen molar-refractivity contribution in [1.29, 1.82) is 0 Å². The van der Waals surface area contributed by atoms with E-state index in [1.807, 2.05) is 38.1 Å². The molecule has 0 fully saturated rings. The van der Waals surface area contributed by atoms with Gasteiger partial charge in [-0.1, -0.05) is 32.0 Å². The molecule has 2 heterocycles. The molecule has 0 saturated heterocycles. The smallest absolute Gasteiger partial charge is 0.326 e. The van der Waals surface area contributed by atoms with E-state index >= 15 is 0 Å². The Kier molecular flexibility index (Phi) is 11.2. The minimum atomic E-state index is -1.49. The van der Waals surface area contributed by atoms with E-state index in [1.54, 1.807) is 6.20 Å². The molecule has 0 aliphatic rings. The van der Waals surface area contributed by atoms with Crippen LogP contribution < -0.4 is 21.7 Å². The molecule has 0 bridgehead atoms. The Morgan fingerprint density at radius 1 is 0.905 bits per heavy atom. The van der Waals surface area contributed by atoms with Gasteiger partial charge in [-0.05, 0) is 30.4 Å². The monoisotopic (exact) mass is 583 g/mol. The van der Waals surface area contributed by atoms with Gasteiger partial charge in [-0.25, -0.2) is 9.78 Å². The van der Waals surface area contributed by atoms with Gasteiger partial charge >= 0.3 is 11.9 Å². The molecule has 226 valence electrons. The number of carboxylic acids is 2. The lowest BCUT2D eigenvalue weighted by molar-refractivity contribution is -0.143. The SMILES string of the molecule is CC(C)CC(N)C(=O)NC(Cc1c[nH]c2ccccc12)C(=O)NC(Cc1cnc[nH]1)C(=O)NC(CCC(=O)O)C(=O)O. The number of carbonyl (C=O) groups excluding carboxylic acids is 3. The summed E-state index contributed by atoms with van der Waals surface area (Å²) in [5, 5.41) is 27.0. The van der Waals surface area contributed by atoms with Crippen LogP contribution in [-0.2, 0) is 36.8 Å². The van der Waals surface area contributed by atoms with Crippen LogP contribution in [0.4, 0.5) is 0 Å². The maximum atomic E-state index is 13.7. The molecule has 9 N–H and O–H groups in total. The topological polar surface area (TPSA) is 232 Å². The molecule has 1 aromatic carbocycles. The third-order valence-corrected chi connectivity index (χ3v) is 6.67. The molecule has 3 aromatic rings. The number of fused-ring (bicyclic) bond motifs is 1. The lowest BCUT2D eigenvalue weighted by Gasteiger charge is -2.25. The van der Waals surface area contributed by atoms with Crippen molar-refractivity contribution in [3.05, 3.63) is 54.2 Å². The maximum absolute atomic E-state index is 13.7. The van der Waals surface area contributed by atoms with Crippen LogP contribution in [0.1, 0.15) is 44.4 Å². The molecule has 4 unspecified atom stereocenters. The van der Waals surface area contributed by atoms with Crippen LogP contribution in [0.25, 0.3) is 10.9 Å². The number of nitrogens with two attached hydrogens (primary N) is 1. The number of nitrogens with zero attached hydrogens (tertiary/aromatic N) is 1. The molecule has 42 heavy (non-hydrogen) atoms. The first-order valence-electron chi connectivity index (χ1n) is 13.6. The van der Waals surface area contributed by atoms with Gasteiger partial charge in [-0.15, -0.1) is 0 Å². The molecule has 2 aromatic heterocycles. The Morgan fingerprint density at radius 3 is 2.17 bits per heavy atom. The van der Waals surface area contributed by atoms with Crippen LogP contribution in [0.2, 0.25) is 0 Å². The van der Waals surface area contributed by atoms with E-state index in [-0.39, 0.29) is 25.2 Å². The van der Waals surface area contributed by atoms with Crippen molar-refractivity contribution < 1.29 is 34.2 Å². The van der Waals surface area contributed by atoms with E-state index in [1.165, 1.54) is 12.5 Å². The summed E-state index contributed by atoms with van der Waals surface area (Å²) in [6.45, 7) is 3.84. The molecule has 3 rings (SSSR count). The quantitative estimate of drug-likeness (QED) is 0.117. The first kappa shape index (κ1) is 31.8. The number of H-pyrrole nitrogens is 2. The van der Waals surface area contributed by atoms with Gasteiger partial charge < -0.3 is 41.9 Å². The fourth-order valence-electron chi connectivity index (χ4n) is 4.52. The number of aliphatic carboxylic acids is 2. The predicted molar refractivity (Wildman–Crippen MR) is 152 cm³/mol. The third-order valence-electron chi connectivity index (χ3n) is 6.67. The fraction of sp³-hybridized carbons (Fsp3) is 0.429. The van der Waals surface area contributed by atoms with Crippen molar-refractivity contribution in [1.82, 2.24) is 30.9 Å². The number of imidazole rings is 1. The van der Waals surface area contributed by atoms with E-state index in [0.29, 0.717) is 12.1 Å². The zero-order chi connectivity index (χ0) is 30.8. The number of amides is 3. The molecule has 3 amide bonds. The Morgan fingerprint density at radius 2 is 1.55 bits per heavy atom. The van der Waals surface area contributed by atoms with Crippen LogP contribution in [0.15, 0.2) is 43.0 Å². The first-order valence-corrected chi connectivity index (χ1v) is 13.6. The predicted octanol–water partition coefficient (Wildman–Crippen LogP) is 0.453. The van der Waals surface area contributed by atoms with Crippen LogP contribution in [-0.4, -0.2) is 79.0 Å². The Labute approximate surface area is 241 Å². The zero-order valence-corrected chi connectivity index (χ0v) is 23.4. The van der Waals surface area contributed by atoms with Crippen molar-refractivity contribution in [2.75, 3.05) is 0 Å². The minimum absolute atomic E-state index is 0.0742. The fourth-order valence-corrected chi connectivity index (χ4v) is 4.52. The van der Waals surface area contributed by atoms with Crippen molar-refractivity contribution in [2.24, 2.45) is 11.7 Å². The van der Waals surface area contributed by atoms with Crippen LogP contribution in [0.5, 0.6) is 0 Å². The van der Waals surface area contributed by atoms with E-state index < -0.39 is 60.2 Å². The number of carboxylic acid groups (broad SMARTS) is 2. The number of rotatable bonds is 16. The highest BCUT2D eigenvalue weighted by atomic mass is 16.4. The Hall–Kier alpha value is -4.72. The highest BCUT2D eigenvalue weighted by molar-refractivity contribution is 5.95. The van der Waals surface area contributed by atoms with Gasteiger partial charge in [0.1, 0.15) is 18.1 Å².